The minimum Gasteiger partial charge on any atom is -0.494 e. The fourth-order valence-corrected chi connectivity index (χ4v) is 0.399. The molecule has 0 unspecified atom stereocenters. The average Bonchev–Trinajstić information content (AvgIpc) is 1.94. The molecular formula is C6H7O2. The summed E-state index contributed by atoms with van der Waals surface area (Å²) in [5.74, 6) is 0.638. The molecule has 0 aromatic heterocycles. The normalized spacial score (nSPS) is 17.9. The first kappa shape index (κ1) is 5.22. The van der Waals surface area contributed by atoms with E-state index in [1.807, 2.05) is 0 Å². The molecule has 0 N–H and O–H groups in total. The second kappa shape index (κ2) is 2.40. The summed E-state index contributed by atoms with van der Waals surface area (Å²) in [5, 5.41) is 0. The van der Waals surface area contributed by atoms with Gasteiger partial charge in [0.25, 0.3) is 0 Å². The Balaban J connectivity index is 2.51. The fraction of sp³-hybridized carbons (Fsp3) is 0.167. The van der Waals surface area contributed by atoms with E-state index in [4.69, 9.17) is 9.47 Å². The van der Waals surface area contributed by atoms with Crippen LogP contribution in [0.5, 0.6) is 0 Å². The van der Waals surface area contributed by atoms with Crippen LogP contribution >= 0.6 is 0 Å². The first-order chi connectivity index (χ1) is 3.89. The van der Waals surface area contributed by atoms with Crippen LogP contribution in [0.3, 0.4) is 0 Å². The van der Waals surface area contributed by atoms with Crippen molar-refractivity contribution in [1.29, 1.82) is 0 Å². The fourth-order valence-electron chi connectivity index (χ4n) is 0.399. The summed E-state index contributed by atoms with van der Waals surface area (Å²) in [6.07, 6.45) is 4.72. The van der Waals surface area contributed by atoms with Gasteiger partial charge in [0.05, 0.1) is 0 Å². The standard InChI is InChI=1S/C6H7O2/c1-6-2-3-7-4-5-8-6/h2,4-5H,1,3H2. The molecule has 2 nitrogen and oxygen atoms in total. The molecule has 0 spiro atoms. The molecule has 43 valence electrons. The Morgan fingerprint density at radius 3 is 3.25 bits per heavy atom. The summed E-state index contributed by atoms with van der Waals surface area (Å²) in [6, 6.07) is 0. The first-order valence-electron chi connectivity index (χ1n) is 2.35. The van der Waals surface area contributed by atoms with E-state index in [1.54, 1.807) is 6.08 Å². The third-order valence-corrected chi connectivity index (χ3v) is 0.778. The molecule has 1 rings (SSSR count). The van der Waals surface area contributed by atoms with Gasteiger partial charge in [0.15, 0.2) is 0 Å². The smallest absolute Gasteiger partial charge is 0.125 e. The molecule has 0 aromatic rings. The van der Waals surface area contributed by atoms with Crippen LogP contribution in [0.15, 0.2) is 24.4 Å². The molecule has 1 heterocycles. The van der Waals surface area contributed by atoms with Crippen molar-refractivity contribution in [3.8, 4) is 0 Å². The van der Waals surface area contributed by atoms with E-state index in [1.165, 1.54) is 12.5 Å². The number of hydrogen-bond donors (Lipinski definition) is 0. The number of hydrogen-bond acceptors (Lipinski definition) is 2. The summed E-state index contributed by atoms with van der Waals surface area (Å²) in [5.41, 5.74) is 0. The van der Waals surface area contributed by atoms with Gasteiger partial charge in [0.2, 0.25) is 0 Å². The highest BCUT2D eigenvalue weighted by atomic mass is 16.5. The van der Waals surface area contributed by atoms with Gasteiger partial charge in [-0.05, 0) is 6.08 Å². The van der Waals surface area contributed by atoms with Crippen LogP contribution < -0.4 is 0 Å². The molecule has 0 saturated carbocycles. The van der Waals surface area contributed by atoms with Crippen molar-refractivity contribution in [1.82, 2.24) is 0 Å². The zero-order chi connectivity index (χ0) is 5.82. The second-order valence-electron chi connectivity index (χ2n) is 1.39. The second-order valence-corrected chi connectivity index (χ2v) is 1.39. The molecule has 0 aliphatic carbocycles. The first-order valence-corrected chi connectivity index (χ1v) is 2.35. The van der Waals surface area contributed by atoms with Crippen molar-refractivity contribution < 1.29 is 9.47 Å². The maximum absolute atomic E-state index is 4.85. The van der Waals surface area contributed by atoms with Gasteiger partial charge < -0.3 is 9.47 Å². The molecule has 8 heavy (non-hydrogen) atoms. The van der Waals surface area contributed by atoms with Gasteiger partial charge in [-0.2, -0.15) is 0 Å². The Kier molecular flexibility index (Phi) is 1.57. The minimum absolute atomic E-state index is 0.551. The summed E-state index contributed by atoms with van der Waals surface area (Å²) >= 11 is 0. The van der Waals surface area contributed by atoms with Crippen LogP contribution in [0, 0.1) is 6.92 Å². The van der Waals surface area contributed by atoms with Crippen molar-refractivity contribution in [2.75, 3.05) is 6.61 Å². The molecule has 2 heteroatoms. The lowest BCUT2D eigenvalue weighted by Crippen LogP contribution is -1.79. The van der Waals surface area contributed by atoms with E-state index in [2.05, 4.69) is 6.92 Å². The summed E-state index contributed by atoms with van der Waals surface area (Å²) in [6.45, 7) is 4.12. The van der Waals surface area contributed by atoms with Crippen molar-refractivity contribution in [2.45, 2.75) is 0 Å². The van der Waals surface area contributed by atoms with Gasteiger partial charge in [0, 0.05) is 6.92 Å². The van der Waals surface area contributed by atoms with Crippen LogP contribution in [0.1, 0.15) is 0 Å². The van der Waals surface area contributed by atoms with Crippen LogP contribution in [0.4, 0.5) is 0 Å². The molecule has 0 atom stereocenters. The van der Waals surface area contributed by atoms with E-state index < -0.39 is 0 Å². The lowest BCUT2D eigenvalue weighted by molar-refractivity contribution is 0.283. The highest BCUT2D eigenvalue weighted by Crippen LogP contribution is 1.99. The Bertz CT molecular complexity index is 124. The Morgan fingerprint density at radius 2 is 2.38 bits per heavy atom. The van der Waals surface area contributed by atoms with Gasteiger partial charge in [0.1, 0.15) is 24.9 Å². The van der Waals surface area contributed by atoms with Crippen LogP contribution in [-0.2, 0) is 9.47 Å². The zero-order valence-corrected chi connectivity index (χ0v) is 4.46. The average molecular weight is 111 g/mol. The van der Waals surface area contributed by atoms with E-state index in [9.17, 15) is 0 Å². The van der Waals surface area contributed by atoms with Crippen molar-refractivity contribution in [3.63, 3.8) is 0 Å². The SMILES string of the molecule is [CH2]C1=CCOC=CO1. The molecule has 1 radical (unpaired) electrons. The Labute approximate surface area is 48.4 Å². The maximum atomic E-state index is 4.85. The molecule has 0 bridgehead atoms. The summed E-state index contributed by atoms with van der Waals surface area (Å²) < 4.78 is 9.69. The largest absolute Gasteiger partial charge is 0.494 e. The van der Waals surface area contributed by atoms with Crippen molar-refractivity contribution >= 4 is 0 Å². The van der Waals surface area contributed by atoms with Crippen molar-refractivity contribution in [3.05, 3.63) is 31.3 Å². The zero-order valence-electron chi connectivity index (χ0n) is 4.46. The highest BCUT2D eigenvalue weighted by molar-refractivity contribution is 4.99. The van der Waals surface area contributed by atoms with Gasteiger partial charge in [-0.1, -0.05) is 0 Å². The van der Waals surface area contributed by atoms with Crippen LogP contribution in [-0.4, -0.2) is 6.61 Å². The summed E-state index contributed by atoms with van der Waals surface area (Å²) in [7, 11) is 0. The van der Waals surface area contributed by atoms with E-state index >= 15 is 0 Å². The number of ether oxygens (including phenoxy) is 2. The summed E-state index contributed by atoms with van der Waals surface area (Å²) in [4.78, 5) is 0. The molecule has 0 amide bonds. The lowest BCUT2D eigenvalue weighted by Gasteiger charge is -1.91. The molecule has 1 aliphatic heterocycles. The van der Waals surface area contributed by atoms with Crippen LogP contribution in [0.2, 0.25) is 0 Å². The van der Waals surface area contributed by atoms with E-state index in [0.29, 0.717) is 12.4 Å². The van der Waals surface area contributed by atoms with Crippen LogP contribution in [0.25, 0.3) is 0 Å². The van der Waals surface area contributed by atoms with E-state index in [0.717, 1.165) is 0 Å². The van der Waals surface area contributed by atoms with Gasteiger partial charge in [-0.15, -0.1) is 0 Å². The monoisotopic (exact) mass is 111 g/mol. The molecular weight excluding hydrogens is 104 g/mol. The Hall–Kier alpha value is -0.920. The molecule has 0 saturated heterocycles. The quantitative estimate of drug-likeness (QED) is 0.468. The van der Waals surface area contributed by atoms with Gasteiger partial charge >= 0.3 is 0 Å². The molecule has 0 fully saturated rings. The molecule has 0 aromatic carbocycles. The predicted octanol–water partition coefficient (Wildman–Crippen LogP) is 1.22. The third-order valence-electron chi connectivity index (χ3n) is 0.778. The third kappa shape index (κ3) is 1.30. The van der Waals surface area contributed by atoms with E-state index in [-0.39, 0.29) is 0 Å². The van der Waals surface area contributed by atoms with Gasteiger partial charge in [-0.3, -0.25) is 0 Å². The number of rotatable bonds is 0. The lowest BCUT2D eigenvalue weighted by atomic mass is 10.5. The highest BCUT2D eigenvalue weighted by Gasteiger charge is 1.88. The molecule has 1 aliphatic rings. The van der Waals surface area contributed by atoms with Crippen molar-refractivity contribution in [2.24, 2.45) is 0 Å². The maximum Gasteiger partial charge on any atom is 0.125 e. The minimum atomic E-state index is 0.551. The van der Waals surface area contributed by atoms with Gasteiger partial charge in [-0.25, -0.2) is 0 Å². The Morgan fingerprint density at radius 1 is 1.50 bits per heavy atom. The predicted molar refractivity (Wildman–Crippen MR) is 29.6 cm³/mol. The topological polar surface area (TPSA) is 18.5 Å². The number of allylic oxidation sites excluding steroid dienone is 1.